The van der Waals surface area contributed by atoms with Crippen molar-refractivity contribution in [1.82, 2.24) is 0 Å². The molecule has 8 atom stereocenters. The van der Waals surface area contributed by atoms with Crippen molar-refractivity contribution in [2.45, 2.75) is 90.0 Å². The molecule has 4 saturated heterocycles. The van der Waals surface area contributed by atoms with Crippen molar-refractivity contribution >= 4 is 5.78 Å². The summed E-state index contributed by atoms with van der Waals surface area (Å²) in [6.07, 6.45) is 4.66. The first kappa shape index (κ1) is 17.0. The average molecular weight is 338 g/mol. The first-order valence-electron chi connectivity index (χ1n) is 9.61. The summed E-state index contributed by atoms with van der Waals surface area (Å²) in [7, 11) is 0. The second kappa shape index (κ2) is 5.76. The number of Topliss-reactive ketones (excluding diaryl/α,β-unsaturated/α-hetero) is 1. The van der Waals surface area contributed by atoms with E-state index in [1.165, 1.54) is 6.42 Å². The monoisotopic (exact) mass is 338 g/mol. The molecule has 24 heavy (non-hydrogen) atoms. The fourth-order valence-electron chi connectivity index (χ4n) is 5.58. The zero-order valence-electron chi connectivity index (χ0n) is 15.2. The predicted octanol–water partition coefficient (Wildman–Crippen LogP) is 3.61. The highest BCUT2D eigenvalue weighted by Gasteiger charge is 2.69. The van der Waals surface area contributed by atoms with E-state index < -0.39 is 17.7 Å². The summed E-state index contributed by atoms with van der Waals surface area (Å²) in [5, 5.41) is 0. The summed E-state index contributed by atoms with van der Waals surface area (Å²) in [4.78, 5) is 23.9. The highest BCUT2D eigenvalue weighted by Crippen LogP contribution is 2.60. The van der Waals surface area contributed by atoms with Gasteiger partial charge in [0.2, 0.25) is 5.79 Å². The first-order chi connectivity index (χ1) is 11.4. The van der Waals surface area contributed by atoms with Crippen molar-refractivity contribution < 1.29 is 24.0 Å². The molecule has 4 aliphatic heterocycles. The summed E-state index contributed by atoms with van der Waals surface area (Å²) in [6, 6.07) is 0. The molecule has 0 radical (unpaired) electrons. The summed E-state index contributed by atoms with van der Waals surface area (Å²) in [6.45, 7) is 8.37. The molecule has 1 spiro atoms. The Kier molecular flexibility index (Phi) is 4.07. The summed E-state index contributed by atoms with van der Waals surface area (Å²) >= 11 is 0. The molecular weight excluding hydrogens is 308 g/mol. The van der Waals surface area contributed by atoms with Crippen LogP contribution in [0.15, 0.2) is 0 Å². The lowest BCUT2D eigenvalue weighted by atomic mass is 9.57. The zero-order chi connectivity index (χ0) is 17.1. The van der Waals surface area contributed by atoms with Crippen LogP contribution in [0.5, 0.6) is 0 Å². The lowest BCUT2D eigenvalue weighted by Gasteiger charge is -2.60. The SMILES string of the molecule is CCC(=O)C[C@H]1O[C@@H]2O[C@@]3(C)CC[C@H]4[C@H](C)CC[C@@H]([C@H]1C)[C@@]24OO3. The molecule has 5 rings (SSSR count). The molecule has 0 aromatic rings. The second-order valence-electron chi connectivity index (χ2n) is 8.54. The van der Waals surface area contributed by atoms with E-state index in [9.17, 15) is 4.79 Å². The van der Waals surface area contributed by atoms with Crippen LogP contribution in [0.3, 0.4) is 0 Å². The Bertz CT molecular complexity index is 522. The van der Waals surface area contributed by atoms with Gasteiger partial charge in [0.15, 0.2) is 11.9 Å². The summed E-state index contributed by atoms with van der Waals surface area (Å²) < 4.78 is 12.7. The van der Waals surface area contributed by atoms with E-state index in [1.54, 1.807) is 0 Å². The third-order valence-electron chi connectivity index (χ3n) is 7.12. The van der Waals surface area contributed by atoms with Crippen LogP contribution in [0.2, 0.25) is 0 Å². The largest absolute Gasteiger partial charge is 0.345 e. The van der Waals surface area contributed by atoms with Crippen LogP contribution in [0.4, 0.5) is 0 Å². The number of rotatable bonds is 3. The van der Waals surface area contributed by atoms with Crippen LogP contribution in [-0.4, -0.2) is 29.6 Å². The Morgan fingerprint density at radius 2 is 1.92 bits per heavy atom. The fraction of sp³-hybridized carbons (Fsp3) is 0.947. The number of carbonyl (C=O) groups is 1. The third kappa shape index (κ3) is 2.32. The summed E-state index contributed by atoms with van der Waals surface area (Å²) in [5.41, 5.74) is -0.515. The van der Waals surface area contributed by atoms with Gasteiger partial charge in [0.25, 0.3) is 0 Å². The minimum atomic E-state index is -0.739. The van der Waals surface area contributed by atoms with Gasteiger partial charge in [0.05, 0.1) is 6.10 Å². The van der Waals surface area contributed by atoms with Gasteiger partial charge in [-0.15, -0.1) is 0 Å². The van der Waals surface area contributed by atoms with E-state index in [1.807, 2.05) is 13.8 Å². The Labute approximate surface area is 144 Å². The van der Waals surface area contributed by atoms with Gasteiger partial charge in [-0.3, -0.25) is 4.79 Å². The van der Waals surface area contributed by atoms with E-state index in [2.05, 4.69) is 13.8 Å². The van der Waals surface area contributed by atoms with Crippen LogP contribution in [0, 0.1) is 23.7 Å². The molecule has 0 aromatic carbocycles. The fourth-order valence-corrected chi connectivity index (χ4v) is 5.58. The van der Waals surface area contributed by atoms with Crippen molar-refractivity contribution in [3.8, 4) is 0 Å². The van der Waals surface area contributed by atoms with Gasteiger partial charge in [-0.25, -0.2) is 9.78 Å². The minimum Gasteiger partial charge on any atom is -0.345 e. The van der Waals surface area contributed by atoms with Gasteiger partial charge in [0, 0.05) is 25.2 Å². The molecule has 5 heteroatoms. The van der Waals surface area contributed by atoms with Crippen LogP contribution in [0.25, 0.3) is 0 Å². The number of ether oxygens (including phenoxy) is 2. The predicted molar refractivity (Wildman–Crippen MR) is 86.7 cm³/mol. The number of fused-ring (bicyclic) bond motifs is 2. The highest BCUT2D eigenvalue weighted by molar-refractivity contribution is 5.78. The maximum Gasteiger partial charge on any atom is 0.201 e. The normalized spacial score (nSPS) is 53.3. The summed E-state index contributed by atoms with van der Waals surface area (Å²) in [5.74, 6) is 1.05. The molecule has 4 heterocycles. The standard InChI is InChI=1S/C19H30O5/c1-5-13(20)10-16-12(3)15-7-6-11(2)14-8-9-18(4)22-17(21-16)19(14,15)24-23-18/h11-12,14-17H,5-10H2,1-4H3/t11-,12-,14+,15+,16-,17-,18-,19-/m1/s1. The first-order valence-corrected chi connectivity index (χ1v) is 9.61. The lowest BCUT2D eigenvalue weighted by Crippen LogP contribution is -2.70. The topological polar surface area (TPSA) is 54.0 Å². The second-order valence-corrected chi connectivity index (χ2v) is 8.54. The van der Waals surface area contributed by atoms with E-state index in [0.29, 0.717) is 30.6 Å². The van der Waals surface area contributed by atoms with Gasteiger partial charge in [-0.1, -0.05) is 20.8 Å². The average Bonchev–Trinajstić information content (AvgIpc) is 2.78. The molecule has 0 amide bonds. The molecule has 5 fully saturated rings. The molecule has 0 N–H and O–H groups in total. The highest BCUT2D eigenvalue weighted by atomic mass is 17.3. The van der Waals surface area contributed by atoms with E-state index >= 15 is 0 Å². The quantitative estimate of drug-likeness (QED) is 0.736. The number of ketones is 1. The van der Waals surface area contributed by atoms with E-state index in [4.69, 9.17) is 19.2 Å². The van der Waals surface area contributed by atoms with Gasteiger partial charge in [-0.2, -0.15) is 0 Å². The number of hydrogen-bond acceptors (Lipinski definition) is 5. The molecular formula is C19H30O5. The van der Waals surface area contributed by atoms with Crippen molar-refractivity contribution in [2.75, 3.05) is 0 Å². The molecule has 0 aromatic heterocycles. The smallest absolute Gasteiger partial charge is 0.201 e. The Hall–Kier alpha value is -0.490. The number of carbonyl (C=O) groups excluding carboxylic acids is 1. The lowest BCUT2D eigenvalue weighted by molar-refractivity contribution is -0.570. The van der Waals surface area contributed by atoms with Crippen LogP contribution in [-0.2, 0) is 24.0 Å². The molecule has 136 valence electrons. The van der Waals surface area contributed by atoms with Gasteiger partial charge < -0.3 is 9.47 Å². The molecule has 2 bridgehead atoms. The van der Waals surface area contributed by atoms with Crippen molar-refractivity contribution in [2.24, 2.45) is 23.7 Å². The van der Waals surface area contributed by atoms with Gasteiger partial charge in [0.1, 0.15) is 5.78 Å². The Morgan fingerprint density at radius 1 is 1.12 bits per heavy atom. The van der Waals surface area contributed by atoms with Gasteiger partial charge in [-0.05, 0) is 43.9 Å². The molecule has 0 unspecified atom stereocenters. The Balaban J connectivity index is 1.71. The maximum absolute atomic E-state index is 12.0. The van der Waals surface area contributed by atoms with Crippen LogP contribution >= 0.6 is 0 Å². The molecule has 5 nitrogen and oxygen atoms in total. The van der Waals surface area contributed by atoms with E-state index in [-0.39, 0.29) is 17.8 Å². The van der Waals surface area contributed by atoms with Crippen LogP contribution in [0.1, 0.15) is 66.2 Å². The van der Waals surface area contributed by atoms with Crippen LogP contribution < -0.4 is 0 Å². The van der Waals surface area contributed by atoms with Crippen molar-refractivity contribution in [1.29, 1.82) is 0 Å². The van der Waals surface area contributed by atoms with Crippen molar-refractivity contribution in [3.05, 3.63) is 0 Å². The third-order valence-corrected chi connectivity index (χ3v) is 7.12. The Morgan fingerprint density at radius 3 is 2.67 bits per heavy atom. The molecule has 1 saturated carbocycles. The molecule has 5 aliphatic rings. The van der Waals surface area contributed by atoms with Crippen molar-refractivity contribution in [3.63, 3.8) is 0 Å². The maximum atomic E-state index is 12.0. The number of hydrogen-bond donors (Lipinski definition) is 0. The molecule has 1 aliphatic carbocycles. The van der Waals surface area contributed by atoms with Gasteiger partial charge >= 0.3 is 0 Å². The van der Waals surface area contributed by atoms with E-state index in [0.717, 1.165) is 19.3 Å². The minimum absolute atomic E-state index is 0.0846. The zero-order valence-corrected chi connectivity index (χ0v) is 15.2.